The van der Waals surface area contributed by atoms with Gasteiger partial charge in [-0.15, -0.1) is 0 Å². The number of Topliss-reactive ketones (excluding diaryl/α,β-unsaturated/α-hetero) is 5. The first kappa shape index (κ1) is 47.5. The van der Waals surface area contributed by atoms with Gasteiger partial charge in [0, 0.05) is 34.6 Å². The van der Waals surface area contributed by atoms with Crippen LogP contribution in [-0.2, 0) is 47.9 Å². The van der Waals surface area contributed by atoms with E-state index in [-0.39, 0.29) is 59.1 Å². The zero-order valence-corrected chi connectivity index (χ0v) is 16.3. The summed E-state index contributed by atoms with van der Waals surface area (Å²) >= 11 is 0. The van der Waals surface area contributed by atoms with E-state index in [0.717, 1.165) is 34.6 Å². The molecular formula is C15H22Na2O15. The van der Waals surface area contributed by atoms with Gasteiger partial charge in [0.2, 0.25) is 28.9 Å². The van der Waals surface area contributed by atoms with Crippen molar-refractivity contribution in [2.24, 2.45) is 0 Å². The first-order valence-corrected chi connectivity index (χ1v) is 6.91. The Balaban J connectivity index is -0.0000000481. The molecule has 0 aromatic heterocycles. The summed E-state index contributed by atoms with van der Waals surface area (Å²) in [7, 11) is 0. The van der Waals surface area contributed by atoms with Crippen LogP contribution in [0.1, 0.15) is 34.6 Å². The van der Waals surface area contributed by atoms with Crippen LogP contribution in [0.15, 0.2) is 0 Å². The Morgan fingerprint density at radius 2 is 0.344 bits per heavy atom. The molecule has 0 aliphatic carbocycles. The maximum absolute atomic E-state index is 9.54. The van der Waals surface area contributed by atoms with Gasteiger partial charge in [0.25, 0.3) is 0 Å². The summed E-state index contributed by atoms with van der Waals surface area (Å²) in [6, 6.07) is 0. The predicted octanol–water partition coefficient (Wildman–Crippen LogP) is -3.00. The molecule has 0 saturated heterocycles. The van der Waals surface area contributed by atoms with Crippen molar-refractivity contribution in [2.45, 2.75) is 34.6 Å². The SMILES string of the molecule is CC(=O)C(=O)O.CC(=O)C(=O)O.CC(=O)C(=O)O.CC(=O)C(=O)O.CC(=O)C(=O)O.[NaH].[NaH]. The first-order valence-electron chi connectivity index (χ1n) is 6.91. The summed E-state index contributed by atoms with van der Waals surface area (Å²) < 4.78 is 0. The molecule has 0 bridgehead atoms. The molecule has 0 saturated carbocycles. The predicted molar refractivity (Wildman–Crippen MR) is 106 cm³/mol. The third kappa shape index (κ3) is 63.0. The molecule has 15 nitrogen and oxygen atoms in total. The molecule has 0 fully saturated rings. The number of carboxylic acids is 5. The molecule has 0 spiro atoms. The van der Waals surface area contributed by atoms with Crippen LogP contribution in [0.5, 0.6) is 0 Å². The van der Waals surface area contributed by atoms with Gasteiger partial charge in [0.15, 0.2) is 0 Å². The van der Waals surface area contributed by atoms with E-state index in [1.165, 1.54) is 0 Å². The quantitative estimate of drug-likeness (QED) is 0.190. The van der Waals surface area contributed by atoms with Crippen molar-refractivity contribution >= 4 is 118 Å². The molecule has 17 heteroatoms. The van der Waals surface area contributed by atoms with Crippen molar-refractivity contribution in [3.8, 4) is 0 Å². The Bertz CT molecular complexity index is 510. The fourth-order valence-corrected chi connectivity index (χ4v) is 0. The fraction of sp³-hybridized carbons (Fsp3) is 0.333. The van der Waals surface area contributed by atoms with Crippen molar-refractivity contribution in [1.29, 1.82) is 0 Å². The molecule has 0 radical (unpaired) electrons. The first-order chi connectivity index (χ1) is 13.2. The van der Waals surface area contributed by atoms with Crippen molar-refractivity contribution in [1.82, 2.24) is 0 Å². The number of carboxylic acid groups (broad SMARTS) is 5. The van der Waals surface area contributed by atoms with Crippen LogP contribution in [0.4, 0.5) is 0 Å². The molecule has 0 aromatic rings. The summed E-state index contributed by atoms with van der Waals surface area (Å²) in [5, 5.41) is 38.2. The summed E-state index contributed by atoms with van der Waals surface area (Å²) in [5.74, 6) is -11.0. The van der Waals surface area contributed by atoms with Crippen LogP contribution in [0, 0.1) is 0 Å². The number of hydrogen-bond acceptors (Lipinski definition) is 10. The molecule has 0 aromatic carbocycles. The second-order valence-electron chi connectivity index (χ2n) is 4.31. The van der Waals surface area contributed by atoms with Gasteiger partial charge in [-0.3, -0.25) is 24.0 Å². The third-order valence-electron chi connectivity index (χ3n) is 1.51. The maximum atomic E-state index is 9.54. The average molecular weight is 488 g/mol. The van der Waals surface area contributed by atoms with E-state index in [1.807, 2.05) is 0 Å². The molecular weight excluding hydrogens is 466 g/mol. The molecule has 0 atom stereocenters. The topological polar surface area (TPSA) is 272 Å². The standard InChI is InChI=1S/5C3H4O3.2Na.2H/c5*1-2(4)3(5)6;;;;/h5*1H3,(H,5,6);;;;. The second-order valence-corrected chi connectivity index (χ2v) is 4.31. The summed E-state index contributed by atoms with van der Waals surface area (Å²) in [6.45, 7) is 5.01. The number of carbonyl (C=O) groups is 10. The van der Waals surface area contributed by atoms with Crippen LogP contribution >= 0.6 is 0 Å². The summed E-state index contributed by atoms with van der Waals surface area (Å²) in [5.41, 5.74) is 0. The Labute approximate surface area is 224 Å². The van der Waals surface area contributed by atoms with Crippen LogP contribution in [-0.4, -0.2) is 143 Å². The van der Waals surface area contributed by atoms with E-state index in [9.17, 15) is 47.9 Å². The van der Waals surface area contributed by atoms with Gasteiger partial charge in [0.1, 0.15) is 0 Å². The molecule has 0 rings (SSSR count). The monoisotopic (exact) mass is 488 g/mol. The van der Waals surface area contributed by atoms with E-state index < -0.39 is 58.8 Å². The normalized spacial score (nSPS) is 7.03. The molecule has 5 N–H and O–H groups in total. The van der Waals surface area contributed by atoms with Gasteiger partial charge in [-0.1, -0.05) is 0 Å². The zero-order valence-electron chi connectivity index (χ0n) is 16.3. The van der Waals surface area contributed by atoms with E-state index in [1.54, 1.807) is 0 Å². The molecule has 0 heterocycles. The molecule has 32 heavy (non-hydrogen) atoms. The van der Waals surface area contributed by atoms with Gasteiger partial charge in [-0.05, 0) is 0 Å². The summed E-state index contributed by atoms with van der Waals surface area (Å²) in [4.78, 5) is 94.5. The molecule has 0 unspecified atom stereocenters. The number of ketones is 5. The second kappa shape index (κ2) is 28.7. The van der Waals surface area contributed by atoms with Crippen LogP contribution in [0.2, 0.25) is 0 Å². The van der Waals surface area contributed by atoms with Crippen LogP contribution < -0.4 is 0 Å². The van der Waals surface area contributed by atoms with Crippen LogP contribution in [0.3, 0.4) is 0 Å². The van der Waals surface area contributed by atoms with E-state index in [4.69, 9.17) is 25.5 Å². The molecule has 174 valence electrons. The van der Waals surface area contributed by atoms with Gasteiger partial charge in [-0.2, -0.15) is 0 Å². The van der Waals surface area contributed by atoms with Gasteiger partial charge in [-0.25, -0.2) is 24.0 Å². The van der Waals surface area contributed by atoms with Crippen molar-refractivity contribution < 1.29 is 73.5 Å². The van der Waals surface area contributed by atoms with Gasteiger partial charge < -0.3 is 25.5 Å². The van der Waals surface area contributed by atoms with Gasteiger partial charge >= 0.3 is 89.0 Å². The minimum atomic E-state index is -1.38. The Kier molecular flexibility index (Phi) is 42.6. The Morgan fingerprint density at radius 3 is 0.344 bits per heavy atom. The van der Waals surface area contributed by atoms with Crippen molar-refractivity contribution in [3.05, 3.63) is 0 Å². The number of aliphatic carboxylic acids is 5. The minimum absolute atomic E-state index is 0. The average Bonchev–Trinajstić information content (AvgIpc) is 2.56. The number of hydrogen-bond donors (Lipinski definition) is 5. The van der Waals surface area contributed by atoms with E-state index in [0.29, 0.717) is 0 Å². The molecule has 0 aliphatic rings. The van der Waals surface area contributed by atoms with Crippen LogP contribution in [0.25, 0.3) is 0 Å². The van der Waals surface area contributed by atoms with Crippen molar-refractivity contribution in [3.63, 3.8) is 0 Å². The third-order valence-corrected chi connectivity index (χ3v) is 1.51. The number of carbonyl (C=O) groups excluding carboxylic acids is 5. The van der Waals surface area contributed by atoms with Crippen molar-refractivity contribution in [2.75, 3.05) is 0 Å². The Hall–Kier alpha value is -2.30. The van der Waals surface area contributed by atoms with E-state index >= 15 is 0 Å². The van der Waals surface area contributed by atoms with Gasteiger partial charge in [0.05, 0.1) is 0 Å². The van der Waals surface area contributed by atoms with E-state index in [2.05, 4.69) is 0 Å². The Morgan fingerprint density at radius 1 is 0.312 bits per heavy atom. The number of rotatable bonds is 5. The molecule has 0 aliphatic heterocycles. The molecule has 0 amide bonds. The summed E-state index contributed by atoms with van der Waals surface area (Å²) in [6.07, 6.45) is 0. The zero-order chi connectivity index (χ0) is 25.8. The fourth-order valence-electron chi connectivity index (χ4n) is 0.